The van der Waals surface area contributed by atoms with Gasteiger partial charge in [0.2, 0.25) is 0 Å². The molecule has 3 aliphatic heterocycles. The summed E-state index contributed by atoms with van der Waals surface area (Å²) in [5, 5.41) is 6.68. The molecular weight excluding hydrogens is 322 g/mol. The van der Waals surface area contributed by atoms with E-state index < -0.39 is 0 Å². The quantitative estimate of drug-likeness (QED) is 0.924. The van der Waals surface area contributed by atoms with Gasteiger partial charge in [0.05, 0.1) is 11.7 Å². The van der Waals surface area contributed by atoms with E-state index in [0.717, 1.165) is 38.0 Å². The van der Waals surface area contributed by atoms with Crippen molar-refractivity contribution in [2.45, 2.75) is 31.4 Å². The van der Waals surface area contributed by atoms with Gasteiger partial charge in [-0.25, -0.2) is 4.79 Å². The third-order valence-corrected chi connectivity index (χ3v) is 5.75. The molecule has 1 N–H and O–H groups in total. The van der Waals surface area contributed by atoms with Crippen molar-refractivity contribution in [3.8, 4) is 0 Å². The molecule has 2 atom stereocenters. The van der Waals surface area contributed by atoms with Crippen molar-refractivity contribution in [2.24, 2.45) is 5.92 Å². The fraction of sp³-hybridized carbons (Fsp3) is 0.444. The van der Waals surface area contributed by atoms with Crippen LogP contribution in [-0.4, -0.2) is 41.2 Å². The number of fused-ring (bicyclic) bond motifs is 3. The van der Waals surface area contributed by atoms with Gasteiger partial charge in [-0.15, -0.1) is 0 Å². The SMILES string of the molecule is O=C(Nc1ccsc1)O[C@H]1C2CCN(CC2)[C@H]1Cc1cccnc1. The van der Waals surface area contributed by atoms with Gasteiger partial charge in [0.25, 0.3) is 0 Å². The van der Waals surface area contributed by atoms with Gasteiger partial charge in [0.15, 0.2) is 0 Å². The second-order valence-corrected chi connectivity index (χ2v) is 7.29. The lowest BCUT2D eigenvalue weighted by Crippen LogP contribution is -2.60. The van der Waals surface area contributed by atoms with Gasteiger partial charge in [-0.2, -0.15) is 11.3 Å². The van der Waals surface area contributed by atoms with Crippen molar-refractivity contribution in [3.05, 3.63) is 46.9 Å². The number of thiophene rings is 1. The molecule has 2 bridgehead atoms. The first kappa shape index (κ1) is 15.6. The van der Waals surface area contributed by atoms with Crippen LogP contribution in [0.1, 0.15) is 18.4 Å². The van der Waals surface area contributed by atoms with Gasteiger partial charge in [0.1, 0.15) is 6.10 Å². The number of nitrogens with one attached hydrogen (secondary N) is 1. The summed E-state index contributed by atoms with van der Waals surface area (Å²) in [4.78, 5) is 19.0. The Hall–Kier alpha value is -1.92. The Morgan fingerprint density at radius 3 is 2.96 bits per heavy atom. The minimum absolute atomic E-state index is 0.0497. The number of nitrogens with zero attached hydrogens (tertiary/aromatic N) is 2. The van der Waals surface area contributed by atoms with Gasteiger partial charge in [-0.1, -0.05) is 6.07 Å². The number of carbonyl (C=O) groups is 1. The van der Waals surface area contributed by atoms with Crippen LogP contribution in [0.3, 0.4) is 0 Å². The number of aromatic nitrogens is 1. The van der Waals surface area contributed by atoms with Crippen molar-refractivity contribution in [1.29, 1.82) is 0 Å². The Morgan fingerprint density at radius 2 is 2.25 bits per heavy atom. The molecule has 0 radical (unpaired) electrons. The molecular formula is C18H21N3O2S. The summed E-state index contributed by atoms with van der Waals surface area (Å²) in [6.45, 7) is 2.20. The molecule has 5 heterocycles. The maximum Gasteiger partial charge on any atom is 0.411 e. The number of hydrogen-bond donors (Lipinski definition) is 1. The van der Waals surface area contributed by atoms with Gasteiger partial charge < -0.3 is 4.74 Å². The van der Waals surface area contributed by atoms with Crippen molar-refractivity contribution >= 4 is 23.1 Å². The maximum atomic E-state index is 12.3. The fourth-order valence-corrected chi connectivity index (χ4v) is 4.48. The predicted octanol–water partition coefficient (Wildman–Crippen LogP) is 3.40. The lowest BCUT2D eigenvalue weighted by atomic mass is 9.78. The minimum Gasteiger partial charge on any atom is -0.444 e. The maximum absolute atomic E-state index is 12.3. The molecule has 3 fully saturated rings. The molecule has 3 aliphatic rings. The molecule has 126 valence electrons. The summed E-state index contributed by atoms with van der Waals surface area (Å²) in [6, 6.07) is 6.19. The second kappa shape index (κ2) is 6.91. The molecule has 2 aromatic rings. The van der Waals surface area contributed by atoms with Crippen molar-refractivity contribution in [3.63, 3.8) is 0 Å². The second-order valence-electron chi connectivity index (χ2n) is 6.51. The number of piperidine rings is 3. The Labute approximate surface area is 145 Å². The van der Waals surface area contributed by atoms with E-state index in [2.05, 4.69) is 21.3 Å². The fourth-order valence-electron chi connectivity index (χ4n) is 3.89. The third kappa shape index (κ3) is 3.30. The van der Waals surface area contributed by atoms with Crippen molar-refractivity contribution < 1.29 is 9.53 Å². The summed E-state index contributed by atoms with van der Waals surface area (Å²) in [7, 11) is 0. The van der Waals surface area contributed by atoms with Crippen molar-refractivity contribution in [2.75, 3.05) is 18.4 Å². The van der Waals surface area contributed by atoms with Gasteiger partial charge >= 0.3 is 6.09 Å². The molecule has 0 unspecified atom stereocenters. The number of amides is 1. The van der Waals surface area contributed by atoms with Crippen LogP contribution in [0.5, 0.6) is 0 Å². The number of carbonyl (C=O) groups excluding carboxylic acids is 1. The van der Waals surface area contributed by atoms with Crippen molar-refractivity contribution in [1.82, 2.24) is 9.88 Å². The first-order valence-corrected chi connectivity index (χ1v) is 9.36. The molecule has 24 heavy (non-hydrogen) atoms. The van der Waals surface area contributed by atoms with Gasteiger partial charge in [-0.3, -0.25) is 15.2 Å². The minimum atomic E-state index is -0.344. The lowest BCUT2D eigenvalue weighted by molar-refractivity contribution is -0.0741. The van der Waals surface area contributed by atoms with Crippen LogP contribution in [0, 0.1) is 5.92 Å². The van der Waals surface area contributed by atoms with E-state index in [4.69, 9.17) is 4.74 Å². The summed E-state index contributed by atoms with van der Waals surface area (Å²) < 4.78 is 5.88. The first-order valence-electron chi connectivity index (χ1n) is 8.42. The van der Waals surface area contributed by atoms with Gasteiger partial charge in [0, 0.05) is 23.7 Å². The zero-order valence-electron chi connectivity index (χ0n) is 13.4. The summed E-state index contributed by atoms with van der Waals surface area (Å²) in [6.07, 6.45) is 6.40. The van der Waals surface area contributed by atoms with E-state index in [1.165, 1.54) is 5.56 Å². The number of rotatable bonds is 4. The molecule has 0 aliphatic carbocycles. The zero-order valence-corrected chi connectivity index (χ0v) is 14.2. The van der Waals surface area contributed by atoms with E-state index in [9.17, 15) is 4.79 Å². The van der Waals surface area contributed by atoms with E-state index in [1.807, 2.05) is 29.1 Å². The molecule has 2 aromatic heterocycles. The average Bonchev–Trinajstić information content (AvgIpc) is 3.11. The highest BCUT2D eigenvalue weighted by Crippen LogP contribution is 2.36. The third-order valence-electron chi connectivity index (χ3n) is 5.07. The molecule has 0 spiro atoms. The topological polar surface area (TPSA) is 54.5 Å². The van der Waals surface area contributed by atoms with Crippen LogP contribution >= 0.6 is 11.3 Å². The van der Waals surface area contributed by atoms with E-state index in [0.29, 0.717) is 5.92 Å². The van der Waals surface area contributed by atoms with Crippen LogP contribution in [0.2, 0.25) is 0 Å². The number of anilines is 1. The van der Waals surface area contributed by atoms with Crippen LogP contribution in [-0.2, 0) is 11.2 Å². The predicted molar refractivity (Wildman–Crippen MR) is 94.2 cm³/mol. The Balaban J connectivity index is 1.47. The Kier molecular flexibility index (Phi) is 4.49. The monoisotopic (exact) mass is 343 g/mol. The smallest absolute Gasteiger partial charge is 0.411 e. The normalized spacial score (nSPS) is 28.5. The number of hydrogen-bond acceptors (Lipinski definition) is 5. The van der Waals surface area contributed by atoms with E-state index in [-0.39, 0.29) is 18.2 Å². The van der Waals surface area contributed by atoms with Crippen LogP contribution in [0.4, 0.5) is 10.5 Å². The average molecular weight is 343 g/mol. The lowest BCUT2D eigenvalue weighted by Gasteiger charge is -2.50. The molecule has 3 saturated heterocycles. The summed E-state index contributed by atoms with van der Waals surface area (Å²) in [5.74, 6) is 0.463. The summed E-state index contributed by atoms with van der Waals surface area (Å²) in [5.41, 5.74) is 2.00. The molecule has 6 heteroatoms. The Bertz CT molecular complexity index is 669. The molecule has 0 aromatic carbocycles. The highest BCUT2D eigenvalue weighted by molar-refractivity contribution is 7.08. The zero-order chi connectivity index (χ0) is 16.4. The Morgan fingerprint density at radius 1 is 1.38 bits per heavy atom. The largest absolute Gasteiger partial charge is 0.444 e. The highest BCUT2D eigenvalue weighted by atomic mass is 32.1. The van der Waals surface area contributed by atoms with Crippen LogP contribution in [0.25, 0.3) is 0 Å². The van der Waals surface area contributed by atoms with E-state index >= 15 is 0 Å². The molecule has 0 saturated carbocycles. The van der Waals surface area contributed by atoms with Crippen LogP contribution < -0.4 is 5.32 Å². The first-order chi connectivity index (χ1) is 11.8. The summed E-state index contributed by atoms with van der Waals surface area (Å²) >= 11 is 1.56. The highest BCUT2D eigenvalue weighted by Gasteiger charge is 2.44. The molecule has 1 amide bonds. The number of pyridine rings is 1. The molecule has 5 nitrogen and oxygen atoms in total. The van der Waals surface area contributed by atoms with E-state index in [1.54, 1.807) is 17.5 Å². The standard InChI is InChI=1S/C18H21N3O2S/c22-18(20-15-5-9-24-12-15)23-17-14-3-7-21(8-4-14)16(17)10-13-2-1-6-19-11-13/h1-2,5-6,9,11-12,14,16-17H,3-4,7-8,10H2,(H,20,22)/t16-,17-/m0/s1. The number of ether oxygens (including phenoxy) is 1. The van der Waals surface area contributed by atoms with Crippen LogP contribution in [0.15, 0.2) is 41.4 Å². The molecule has 5 rings (SSSR count). The van der Waals surface area contributed by atoms with Gasteiger partial charge in [-0.05, 0) is 55.4 Å².